The molecule has 1 aromatic carbocycles. The molecule has 0 bridgehead atoms. The van der Waals surface area contributed by atoms with Crippen molar-refractivity contribution in [2.75, 3.05) is 5.73 Å². The lowest BCUT2D eigenvalue weighted by atomic mass is 10.0. The summed E-state index contributed by atoms with van der Waals surface area (Å²) in [4.78, 5) is 0. The summed E-state index contributed by atoms with van der Waals surface area (Å²) >= 11 is 0. The number of fused-ring (bicyclic) bond motifs is 3. The number of hydrogen-bond donors (Lipinski definition) is 1. The first kappa shape index (κ1) is 9.52. The summed E-state index contributed by atoms with van der Waals surface area (Å²) in [6.45, 7) is 3.23. The lowest BCUT2D eigenvalue weighted by Gasteiger charge is -2.10. The minimum Gasteiger partial charge on any atom is -0.399 e. The molecule has 0 radical (unpaired) electrons. The fourth-order valence-corrected chi connectivity index (χ4v) is 2.69. The Hall–Kier alpha value is -1.70. The van der Waals surface area contributed by atoms with Gasteiger partial charge in [0.25, 0.3) is 0 Å². The fraction of sp³-hybridized carbons (Fsp3) is 0.286. The first-order valence-electron chi connectivity index (χ1n) is 5.88. The van der Waals surface area contributed by atoms with Crippen LogP contribution in [0.5, 0.6) is 0 Å². The van der Waals surface area contributed by atoms with Gasteiger partial charge in [0, 0.05) is 34.4 Å². The van der Waals surface area contributed by atoms with Crippen LogP contribution in [-0.2, 0) is 13.0 Å². The molecule has 0 atom stereocenters. The van der Waals surface area contributed by atoms with Gasteiger partial charge in [0.15, 0.2) is 0 Å². The van der Waals surface area contributed by atoms with Crippen LogP contribution in [0.1, 0.15) is 24.6 Å². The highest BCUT2D eigenvalue weighted by Crippen LogP contribution is 2.32. The van der Waals surface area contributed by atoms with E-state index in [0.717, 1.165) is 25.1 Å². The Morgan fingerprint density at radius 1 is 1.38 bits per heavy atom. The van der Waals surface area contributed by atoms with Crippen molar-refractivity contribution in [3.8, 4) is 0 Å². The average Bonchev–Trinajstić information content (AvgIpc) is 2.62. The van der Waals surface area contributed by atoms with Crippen LogP contribution in [0.3, 0.4) is 0 Å². The maximum Gasteiger partial charge on any atom is 0.0490 e. The molecule has 1 aromatic heterocycles. The van der Waals surface area contributed by atoms with Crippen LogP contribution in [0.25, 0.3) is 17.0 Å². The molecule has 3 rings (SSSR count). The van der Waals surface area contributed by atoms with Crippen molar-refractivity contribution >= 4 is 22.7 Å². The van der Waals surface area contributed by atoms with Crippen molar-refractivity contribution in [1.82, 2.24) is 4.57 Å². The predicted octanol–water partition coefficient (Wildman–Crippen LogP) is 3.20. The highest BCUT2D eigenvalue weighted by Gasteiger charge is 2.15. The number of allylic oxidation sites excluding steroid dienone is 1. The topological polar surface area (TPSA) is 30.9 Å². The first-order valence-corrected chi connectivity index (χ1v) is 5.88. The Balaban J connectivity index is 2.43. The van der Waals surface area contributed by atoms with Gasteiger partial charge in [-0.25, -0.2) is 0 Å². The molecule has 16 heavy (non-hydrogen) atoms. The van der Waals surface area contributed by atoms with Crippen LogP contribution in [0.15, 0.2) is 24.3 Å². The summed E-state index contributed by atoms with van der Waals surface area (Å²) < 4.78 is 2.41. The Kier molecular flexibility index (Phi) is 2.03. The van der Waals surface area contributed by atoms with Gasteiger partial charge in [0.1, 0.15) is 0 Å². The van der Waals surface area contributed by atoms with E-state index in [2.05, 4.69) is 35.8 Å². The lowest BCUT2D eigenvalue weighted by molar-refractivity contribution is 0.729. The molecule has 2 nitrogen and oxygen atoms in total. The first-order chi connectivity index (χ1) is 7.81. The van der Waals surface area contributed by atoms with E-state index in [9.17, 15) is 0 Å². The summed E-state index contributed by atoms with van der Waals surface area (Å²) in [6.07, 6.45) is 6.80. The van der Waals surface area contributed by atoms with Crippen molar-refractivity contribution in [2.45, 2.75) is 26.3 Å². The Labute approximate surface area is 95.4 Å². The van der Waals surface area contributed by atoms with Gasteiger partial charge in [-0.2, -0.15) is 0 Å². The standard InChI is InChI=1S/C14H16N2/c1-2-16-13-6-4-3-5-11(13)12-9-10(15)7-8-14(12)16/h3,5,7-9H,2,4,6,15H2,1H3. The van der Waals surface area contributed by atoms with E-state index in [1.807, 2.05) is 6.07 Å². The molecular formula is C14H16N2. The van der Waals surface area contributed by atoms with Crippen LogP contribution >= 0.6 is 0 Å². The maximum atomic E-state index is 5.87. The molecule has 1 heterocycles. The number of nitrogens with zero attached hydrogens (tertiary/aromatic N) is 1. The van der Waals surface area contributed by atoms with Crippen LogP contribution in [0.4, 0.5) is 5.69 Å². The number of hydrogen-bond acceptors (Lipinski definition) is 1. The normalized spacial score (nSPS) is 14.3. The number of aryl methyl sites for hydroxylation is 1. The van der Waals surface area contributed by atoms with E-state index in [1.54, 1.807) is 0 Å². The smallest absolute Gasteiger partial charge is 0.0490 e. The average molecular weight is 212 g/mol. The van der Waals surface area contributed by atoms with Crippen molar-refractivity contribution in [2.24, 2.45) is 0 Å². The Morgan fingerprint density at radius 2 is 2.25 bits per heavy atom. The molecule has 0 spiro atoms. The molecule has 2 N–H and O–H groups in total. The molecule has 0 unspecified atom stereocenters. The minimum absolute atomic E-state index is 0.850. The van der Waals surface area contributed by atoms with E-state index in [4.69, 9.17) is 5.73 Å². The van der Waals surface area contributed by atoms with E-state index in [1.165, 1.54) is 22.2 Å². The maximum absolute atomic E-state index is 5.87. The third-order valence-corrected chi connectivity index (χ3v) is 3.39. The number of nitrogens with two attached hydrogens (primary N) is 1. The zero-order valence-electron chi connectivity index (χ0n) is 9.53. The van der Waals surface area contributed by atoms with Crippen LogP contribution < -0.4 is 5.73 Å². The number of benzene rings is 1. The zero-order valence-corrected chi connectivity index (χ0v) is 9.53. The second-order valence-electron chi connectivity index (χ2n) is 4.32. The van der Waals surface area contributed by atoms with Gasteiger partial charge < -0.3 is 10.3 Å². The molecule has 82 valence electrons. The summed E-state index contributed by atoms with van der Waals surface area (Å²) in [6, 6.07) is 6.22. The SMILES string of the molecule is CCn1c2c(c3cc(N)ccc31)C=CCC2. The summed E-state index contributed by atoms with van der Waals surface area (Å²) in [5.74, 6) is 0. The van der Waals surface area contributed by atoms with E-state index >= 15 is 0 Å². The van der Waals surface area contributed by atoms with Gasteiger partial charge in [0.2, 0.25) is 0 Å². The molecule has 0 fully saturated rings. The van der Waals surface area contributed by atoms with Crippen molar-refractivity contribution in [3.63, 3.8) is 0 Å². The highest BCUT2D eigenvalue weighted by atomic mass is 15.0. The third-order valence-electron chi connectivity index (χ3n) is 3.39. The number of nitrogen functional groups attached to an aromatic ring is 1. The lowest BCUT2D eigenvalue weighted by Crippen LogP contribution is -2.02. The Morgan fingerprint density at radius 3 is 3.06 bits per heavy atom. The molecule has 0 aliphatic heterocycles. The van der Waals surface area contributed by atoms with Crippen LogP contribution in [0.2, 0.25) is 0 Å². The molecule has 0 amide bonds. The van der Waals surface area contributed by atoms with E-state index in [-0.39, 0.29) is 0 Å². The molecule has 0 saturated carbocycles. The molecule has 0 saturated heterocycles. The zero-order chi connectivity index (χ0) is 11.1. The molecule has 1 aliphatic rings. The summed E-state index contributed by atoms with van der Waals surface area (Å²) in [7, 11) is 0. The van der Waals surface area contributed by atoms with Crippen molar-refractivity contribution in [3.05, 3.63) is 35.5 Å². The van der Waals surface area contributed by atoms with E-state index in [0.29, 0.717) is 0 Å². The second-order valence-corrected chi connectivity index (χ2v) is 4.32. The summed E-state index contributed by atoms with van der Waals surface area (Å²) in [5, 5.41) is 1.30. The fourth-order valence-electron chi connectivity index (χ4n) is 2.69. The van der Waals surface area contributed by atoms with Gasteiger partial charge in [-0.3, -0.25) is 0 Å². The largest absolute Gasteiger partial charge is 0.399 e. The summed E-state index contributed by atoms with van der Waals surface area (Å²) in [5.41, 5.74) is 10.9. The van der Waals surface area contributed by atoms with Gasteiger partial charge in [-0.05, 0) is 38.0 Å². The number of aromatic nitrogens is 1. The molecule has 1 aliphatic carbocycles. The van der Waals surface area contributed by atoms with Gasteiger partial charge in [-0.15, -0.1) is 0 Å². The molecular weight excluding hydrogens is 196 g/mol. The second kappa shape index (κ2) is 3.41. The van der Waals surface area contributed by atoms with Crippen LogP contribution in [0, 0.1) is 0 Å². The van der Waals surface area contributed by atoms with Gasteiger partial charge >= 0.3 is 0 Å². The van der Waals surface area contributed by atoms with Gasteiger partial charge in [-0.1, -0.05) is 12.2 Å². The molecule has 2 aromatic rings. The molecule has 2 heteroatoms. The number of anilines is 1. The Bertz CT molecular complexity index is 576. The minimum atomic E-state index is 0.850. The van der Waals surface area contributed by atoms with Gasteiger partial charge in [0.05, 0.1) is 0 Å². The number of rotatable bonds is 1. The highest BCUT2D eigenvalue weighted by molar-refractivity contribution is 5.93. The monoisotopic (exact) mass is 212 g/mol. The van der Waals surface area contributed by atoms with Crippen molar-refractivity contribution < 1.29 is 0 Å². The van der Waals surface area contributed by atoms with Crippen molar-refractivity contribution in [1.29, 1.82) is 0 Å². The van der Waals surface area contributed by atoms with Crippen LogP contribution in [-0.4, -0.2) is 4.57 Å². The predicted molar refractivity (Wildman–Crippen MR) is 69.4 cm³/mol. The third kappa shape index (κ3) is 1.19. The quantitative estimate of drug-likeness (QED) is 0.723. The van der Waals surface area contributed by atoms with E-state index < -0.39 is 0 Å².